The summed E-state index contributed by atoms with van der Waals surface area (Å²) in [5.41, 5.74) is 7.24. The van der Waals surface area contributed by atoms with Crippen molar-refractivity contribution in [1.29, 1.82) is 0 Å². The molecule has 1 nitrogen and oxygen atoms in total. The summed E-state index contributed by atoms with van der Waals surface area (Å²) in [5.74, 6) is 0.309. The summed E-state index contributed by atoms with van der Waals surface area (Å²) in [5, 5.41) is 0. The third kappa shape index (κ3) is 4.38. The molecule has 0 aliphatic rings. The van der Waals surface area contributed by atoms with Crippen molar-refractivity contribution >= 4 is 17.1 Å². The Morgan fingerprint density at radius 3 is 1.48 bits per heavy atom. The summed E-state index contributed by atoms with van der Waals surface area (Å²) < 4.78 is 0. The maximum Gasteiger partial charge on any atom is 0.0461 e. The van der Waals surface area contributed by atoms with Crippen molar-refractivity contribution in [1.82, 2.24) is 0 Å². The van der Waals surface area contributed by atoms with E-state index in [1.165, 1.54) is 16.7 Å². The highest BCUT2D eigenvalue weighted by molar-refractivity contribution is 5.76. The van der Waals surface area contributed by atoms with E-state index in [2.05, 4.69) is 105 Å². The summed E-state index contributed by atoms with van der Waals surface area (Å²) in [6.45, 7) is 12.1. The maximum atomic E-state index is 3.97. The molecule has 3 rings (SSSR count). The minimum Gasteiger partial charge on any atom is -0.311 e. The van der Waals surface area contributed by atoms with E-state index >= 15 is 0 Å². The normalized spacial score (nSPS) is 11.6. The average molecular weight is 354 g/mol. The molecular formula is C26H27N. The van der Waals surface area contributed by atoms with E-state index in [1.807, 2.05) is 12.2 Å². The van der Waals surface area contributed by atoms with Gasteiger partial charge < -0.3 is 4.90 Å². The van der Waals surface area contributed by atoms with Crippen molar-refractivity contribution in [2.45, 2.75) is 26.2 Å². The molecule has 0 amide bonds. The van der Waals surface area contributed by atoms with Crippen molar-refractivity contribution in [3.63, 3.8) is 0 Å². The first-order valence-electron chi connectivity index (χ1n) is 9.39. The number of nitrogens with zero attached hydrogens (tertiary/aromatic N) is 1. The van der Waals surface area contributed by atoms with E-state index in [4.69, 9.17) is 0 Å². The maximum absolute atomic E-state index is 3.97. The van der Waals surface area contributed by atoms with Crippen molar-refractivity contribution in [2.24, 2.45) is 0 Å². The van der Waals surface area contributed by atoms with Crippen molar-refractivity contribution in [3.8, 4) is 0 Å². The molecule has 136 valence electrons. The van der Waals surface area contributed by atoms with Crippen LogP contribution in [0.3, 0.4) is 0 Å². The summed E-state index contributed by atoms with van der Waals surface area (Å²) in [7, 11) is 0. The van der Waals surface area contributed by atoms with E-state index < -0.39 is 0 Å². The van der Waals surface area contributed by atoms with E-state index in [0.29, 0.717) is 5.92 Å². The molecule has 0 saturated heterocycles. The number of benzene rings is 3. The number of rotatable bonds is 7. The lowest BCUT2D eigenvalue weighted by Gasteiger charge is -2.26. The van der Waals surface area contributed by atoms with Gasteiger partial charge in [-0.2, -0.15) is 0 Å². The van der Waals surface area contributed by atoms with Crippen molar-refractivity contribution in [3.05, 3.63) is 115 Å². The van der Waals surface area contributed by atoms with Crippen molar-refractivity contribution in [2.75, 3.05) is 4.90 Å². The molecule has 0 aromatic heterocycles. The second-order valence-corrected chi connectivity index (χ2v) is 6.96. The zero-order chi connectivity index (χ0) is 19.2. The van der Waals surface area contributed by atoms with Gasteiger partial charge in [-0.15, -0.1) is 13.2 Å². The molecule has 1 unspecified atom stereocenters. The van der Waals surface area contributed by atoms with Gasteiger partial charge in [0, 0.05) is 23.0 Å². The zero-order valence-corrected chi connectivity index (χ0v) is 16.2. The standard InChI is InChI=1S/C26H27N/c1-5-7-22(6-2)23-12-18-26(19-13-23)27(24-14-8-20(3)9-15-24)25-16-10-21(4)11-17-25/h5-6,8-19,22H,1-2,7H2,3-4H3. The van der Waals surface area contributed by atoms with Crippen LogP contribution >= 0.6 is 0 Å². The molecule has 27 heavy (non-hydrogen) atoms. The largest absolute Gasteiger partial charge is 0.311 e. The van der Waals surface area contributed by atoms with Gasteiger partial charge in [0.25, 0.3) is 0 Å². The molecule has 3 aromatic rings. The summed E-state index contributed by atoms with van der Waals surface area (Å²) in [6.07, 6.45) is 4.85. The highest BCUT2D eigenvalue weighted by Crippen LogP contribution is 2.35. The van der Waals surface area contributed by atoms with Crippen LogP contribution in [0.4, 0.5) is 17.1 Å². The smallest absolute Gasteiger partial charge is 0.0461 e. The molecule has 0 spiro atoms. The van der Waals surface area contributed by atoms with Crippen LogP contribution in [0.25, 0.3) is 0 Å². The summed E-state index contributed by atoms with van der Waals surface area (Å²) >= 11 is 0. The number of aryl methyl sites for hydroxylation is 2. The predicted octanol–water partition coefficient (Wildman–Crippen LogP) is 7.62. The fraction of sp³-hybridized carbons (Fsp3) is 0.154. The van der Waals surface area contributed by atoms with Crippen molar-refractivity contribution < 1.29 is 0 Å². The Bertz CT molecular complexity index is 841. The van der Waals surface area contributed by atoms with Gasteiger partial charge in [0.1, 0.15) is 0 Å². The quantitative estimate of drug-likeness (QED) is 0.395. The number of anilines is 3. The highest BCUT2D eigenvalue weighted by Gasteiger charge is 2.13. The van der Waals surface area contributed by atoms with Crippen LogP contribution in [0.2, 0.25) is 0 Å². The Labute approximate surface area is 163 Å². The molecule has 0 aliphatic heterocycles. The van der Waals surface area contributed by atoms with Crippen LogP contribution < -0.4 is 4.90 Å². The number of allylic oxidation sites excluding steroid dienone is 2. The molecule has 0 aliphatic carbocycles. The van der Waals surface area contributed by atoms with Gasteiger partial charge in [0.05, 0.1) is 0 Å². The molecule has 1 atom stereocenters. The second kappa shape index (κ2) is 8.55. The van der Waals surface area contributed by atoms with Gasteiger partial charge in [0.15, 0.2) is 0 Å². The third-order valence-corrected chi connectivity index (χ3v) is 4.87. The van der Waals surface area contributed by atoms with E-state index in [9.17, 15) is 0 Å². The summed E-state index contributed by atoms with van der Waals surface area (Å²) in [6, 6.07) is 26.1. The minimum absolute atomic E-state index is 0.309. The Morgan fingerprint density at radius 2 is 1.11 bits per heavy atom. The van der Waals surface area contributed by atoms with Gasteiger partial charge in [-0.25, -0.2) is 0 Å². The lowest BCUT2D eigenvalue weighted by molar-refractivity contribution is 0.867. The number of hydrogen-bond donors (Lipinski definition) is 0. The van der Waals surface area contributed by atoms with Crippen LogP contribution in [-0.4, -0.2) is 0 Å². The zero-order valence-electron chi connectivity index (χ0n) is 16.2. The Morgan fingerprint density at radius 1 is 0.704 bits per heavy atom. The average Bonchev–Trinajstić information content (AvgIpc) is 2.70. The van der Waals surface area contributed by atoms with Gasteiger partial charge in [-0.3, -0.25) is 0 Å². The fourth-order valence-electron chi connectivity index (χ4n) is 3.25. The molecule has 0 saturated carbocycles. The lowest BCUT2D eigenvalue weighted by Crippen LogP contribution is -2.10. The van der Waals surface area contributed by atoms with Gasteiger partial charge in [-0.05, 0) is 62.2 Å². The predicted molar refractivity (Wildman–Crippen MR) is 118 cm³/mol. The third-order valence-electron chi connectivity index (χ3n) is 4.87. The number of hydrogen-bond acceptors (Lipinski definition) is 1. The Kier molecular flexibility index (Phi) is 5.93. The topological polar surface area (TPSA) is 3.24 Å². The molecule has 0 N–H and O–H groups in total. The Balaban J connectivity index is 2.02. The lowest BCUT2D eigenvalue weighted by atomic mass is 9.95. The molecule has 0 bridgehead atoms. The second-order valence-electron chi connectivity index (χ2n) is 6.96. The van der Waals surface area contributed by atoms with Crippen LogP contribution in [-0.2, 0) is 0 Å². The van der Waals surface area contributed by atoms with Crippen LogP contribution in [0.5, 0.6) is 0 Å². The van der Waals surface area contributed by atoms with Gasteiger partial charge in [0.2, 0.25) is 0 Å². The molecule has 1 heteroatoms. The van der Waals surface area contributed by atoms with Gasteiger partial charge in [-0.1, -0.05) is 59.7 Å². The molecule has 0 fully saturated rings. The van der Waals surface area contributed by atoms with Crippen LogP contribution in [0, 0.1) is 13.8 Å². The summed E-state index contributed by atoms with van der Waals surface area (Å²) in [4.78, 5) is 2.29. The first kappa shape index (κ1) is 18.7. The molecular weight excluding hydrogens is 326 g/mol. The van der Waals surface area contributed by atoms with Crippen LogP contribution in [0.1, 0.15) is 29.0 Å². The van der Waals surface area contributed by atoms with E-state index in [-0.39, 0.29) is 0 Å². The van der Waals surface area contributed by atoms with E-state index in [0.717, 1.165) is 23.5 Å². The monoisotopic (exact) mass is 353 g/mol. The first-order valence-corrected chi connectivity index (χ1v) is 9.39. The molecule has 3 aromatic carbocycles. The van der Waals surface area contributed by atoms with Gasteiger partial charge >= 0.3 is 0 Å². The molecule has 0 heterocycles. The van der Waals surface area contributed by atoms with E-state index in [1.54, 1.807) is 0 Å². The van der Waals surface area contributed by atoms with Crippen LogP contribution in [0.15, 0.2) is 98.1 Å². The fourth-order valence-corrected chi connectivity index (χ4v) is 3.25. The SMILES string of the molecule is C=CCC(C=C)c1ccc(N(c2ccc(C)cc2)c2ccc(C)cc2)cc1. The first-order chi connectivity index (χ1) is 13.1. The minimum atomic E-state index is 0.309. The highest BCUT2D eigenvalue weighted by atomic mass is 15.1. The Hall–Kier alpha value is -3.06. The molecule has 0 radical (unpaired) electrons.